The van der Waals surface area contributed by atoms with Crippen LogP contribution in [-0.2, 0) is 24.8 Å². The highest BCUT2D eigenvalue weighted by molar-refractivity contribution is 5.86. The average molecular weight is 430 g/mol. The summed E-state index contributed by atoms with van der Waals surface area (Å²) in [5.41, 5.74) is 5.35. The number of benzene rings is 2. The van der Waals surface area contributed by atoms with Gasteiger partial charge < -0.3 is 9.88 Å². The fourth-order valence-corrected chi connectivity index (χ4v) is 6.61. The number of para-hydroxylation sites is 1. The molecule has 0 saturated carbocycles. The molecule has 1 unspecified atom stereocenters. The normalized spacial score (nSPS) is 24.0. The summed E-state index contributed by atoms with van der Waals surface area (Å²) in [5, 5.41) is 4.64. The van der Waals surface area contributed by atoms with E-state index in [1.54, 1.807) is 0 Å². The number of aromatic nitrogens is 1. The van der Waals surface area contributed by atoms with E-state index in [1.165, 1.54) is 28.6 Å². The number of amides is 1. The van der Waals surface area contributed by atoms with E-state index in [9.17, 15) is 4.79 Å². The Morgan fingerprint density at radius 3 is 2.66 bits per heavy atom. The van der Waals surface area contributed by atoms with Crippen molar-refractivity contribution < 1.29 is 4.79 Å². The van der Waals surface area contributed by atoms with Crippen LogP contribution in [0, 0.1) is 11.3 Å². The van der Waals surface area contributed by atoms with Gasteiger partial charge in [0.1, 0.15) is 0 Å². The predicted octanol–water partition coefficient (Wildman–Crippen LogP) is 5.22. The van der Waals surface area contributed by atoms with Crippen molar-refractivity contribution in [3.8, 4) is 0 Å². The van der Waals surface area contributed by atoms with Crippen molar-refractivity contribution in [1.29, 1.82) is 0 Å². The molecule has 4 heteroatoms. The lowest BCUT2D eigenvalue weighted by Gasteiger charge is -2.54. The van der Waals surface area contributed by atoms with Crippen molar-refractivity contribution in [2.24, 2.45) is 18.4 Å². The molecule has 168 valence electrons. The highest BCUT2D eigenvalue weighted by Crippen LogP contribution is 2.56. The van der Waals surface area contributed by atoms with E-state index in [0.717, 1.165) is 37.9 Å². The number of nitrogens with one attached hydrogen (secondary N) is 1. The molecule has 1 aromatic heterocycles. The lowest BCUT2D eigenvalue weighted by atomic mass is 9.61. The van der Waals surface area contributed by atoms with Crippen LogP contribution in [0.25, 0.3) is 10.9 Å². The molecule has 0 bridgehead atoms. The molecule has 3 atom stereocenters. The van der Waals surface area contributed by atoms with Gasteiger partial charge in [0.05, 0.1) is 6.04 Å². The van der Waals surface area contributed by atoms with Gasteiger partial charge in [-0.2, -0.15) is 0 Å². The van der Waals surface area contributed by atoms with Gasteiger partial charge in [-0.1, -0.05) is 62.4 Å². The van der Waals surface area contributed by atoms with Crippen molar-refractivity contribution in [1.82, 2.24) is 14.8 Å². The fourth-order valence-electron chi connectivity index (χ4n) is 6.61. The summed E-state index contributed by atoms with van der Waals surface area (Å²) in [6.07, 6.45) is 4.38. The Bertz CT molecular complexity index is 1120. The van der Waals surface area contributed by atoms with Crippen LogP contribution in [-0.4, -0.2) is 28.5 Å². The summed E-state index contributed by atoms with van der Waals surface area (Å²) in [4.78, 5) is 16.2. The maximum atomic E-state index is 13.5. The molecule has 2 aromatic carbocycles. The van der Waals surface area contributed by atoms with Crippen LogP contribution < -0.4 is 5.32 Å². The molecule has 2 aliphatic heterocycles. The van der Waals surface area contributed by atoms with E-state index in [2.05, 4.69) is 72.1 Å². The molecule has 5 rings (SSSR count). The molecular formula is C28H35N3O. The van der Waals surface area contributed by atoms with E-state index in [-0.39, 0.29) is 17.2 Å². The largest absolute Gasteiger partial charge is 0.352 e. The Labute approximate surface area is 191 Å². The summed E-state index contributed by atoms with van der Waals surface area (Å²) in [6, 6.07) is 19.3. The third kappa shape index (κ3) is 3.27. The standard InChI is InChI=1S/C28H35N3O/c1-4-28(20(2)27(32)29-19-21-11-6-5-7-12-21)16-10-17-31-18-15-23-22-13-8-9-14-24(22)30(3)25(23)26(28)31/h5-9,11-14,20,26H,4,10,15-19H2,1-3H3,(H,29,32)/t20?,26-,28+/m1/s1. The molecule has 4 nitrogen and oxygen atoms in total. The van der Waals surface area contributed by atoms with Crippen LogP contribution in [0.2, 0.25) is 0 Å². The minimum Gasteiger partial charge on any atom is -0.352 e. The van der Waals surface area contributed by atoms with Crippen LogP contribution in [0.5, 0.6) is 0 Å². The van der Waals surface area contributed by atoms with Crippen molar-refractivity contribution in [3.63, 3.8) is 0 Å². The van der Waals surface area contributed by atoms with Gasteiger partial charge in [-0.15, -0.1) is 0 Å². The Balaban J connectivity index is 1.52. The molecule has 1 amide bonds. The Morgan fingerprint density at radius 1 is 1.12 bits per heavy atom. The van der Waals surface area contributed by atoms with Gasteiger partial charge in [-0.05, 0) is 49.4 Å². The molecule has 0 aliphatic carbocycles. The fraction of sp³-hybridized carbons (Fsp3) is 0.464. The topological polar surface area (TPSA) is 37.3 Å². The number of aryl methyl sites for hydroxylation is 1. The quantitative estimate of drug-likeness (QED) is 0.604. The molecule has 1 N–H and O–H groups in total. The second-order valence-electron chi connectivity index (χ2n) is 9.74. The third-order valence-electron chi connectivity index (χ3n) is 8.39. The molecule has 32 heavy (non-hydrogen) atoms. The zero-order chi connectivity index (χ0) is 22.3. The molecule has 3 aromatic rings. The van der Waals surface area contributed by atoms with Gasteiger partial charge in [0.25, 0.3) is 0 Å². The van der Waals surface area contributed by atoms with Crippen molar-refractivity contribution in [2.75, 3.05) is 13.1 Å². The van der Waals surface area contributed by atoms with Gasteiger partial charge in [0, 0.05) is 48.1 Å². The van der Waals surface area contributed by atoms with Gasteiger partial charge in [0.2, 0.25) is 5.91 Å². The van der Waals surface area contributed by atoms with Crippen LogP contribution in [0.15, 0.2) is 54.6 Å². The number of rotatable bonds is 5. The molecule has 3 heterocycles. The highest BCUT2D eigenvalue weighted by Gasteiger charge is 2.52. The monoisotopic (exact) mass is 429 g/mol. The number of carbonyl (C=O) groups is 1. The Hall–Kier alpha value is -2.59. The van der Waals surface area contributed by atoms with Gasteiger partial charge in [-0.25, -0.2) is 0 Å². The van der Waals surface area contributed by atoms with E-state index in [4.69, 9.17) is 0 Å². The van der Waals surface area contributed by atoms with Crippen LogP contribution >= 0.6 is 0 Å². The maximum absolute atomic E-state index is 13.5. The molecule has 0 radical (unpaired) electrons. The van der Waals surface area contributed by atoms with E-state index in [1.807, 2.05) is 18.2 Å². The van der Waals surface area contributed by atoms with Crippen molar-refractivity contribution in [2.45, 2.75) is 52.1 Å². The number of hydrogen-bond acceptors (Lipinski definition) is 2. The first-order chi connectivity index (χ1) is 15.6. The van der Waals surface area contributed by atoms with Crippen LogP contribution in [0.3, 0.4) is 0 Å². The third-order valence-corrected chi connectivity index (χ3v) is 8.39. The molecule has 1 saturated heterocycles. The number of carbonyl (C=O) groups excluding carboxylic acids is 1. The first-order valence-electron chi connectivity index (χ1n) is 12.2. The molecular weight excluding hydrogens is 394 g/mol. The molecule has 1 fully saturated rings. The molecule has 0 spiro atoms. The second kappa shape index (κ2) is 8.40. The van der Waals surface area contributed by atoms with Crippen LogP contribution in [0.4, 0.5) is 0 Å². The minimum atomic E-state index is -0.0592. The summed E-state index contributed by atoms with van der Waals surface area (Å²) < 4.78 is 2.42. The van der Waals surface area contributed by atoms with E-state index in [0.29, 0.717) is 12.6 Å². The average Bonchev–Trinajstić information content (AvgIpc) is 3.14. The Kier molecular flexibility index (Phi) is 5.58. The number of fused-ring (bicyclic) bond motifs is 5. The summed E-state index contributed by atoms with van der Waals surface area (Å²) in [5.74, 6) is 0.136. The SMILES string of the molecule is CC[C@@]1(C(C)C(=O)NCc2ccccc2)CCCN2CCc3c(n(C)c4ccccc34)[C@@H]21. The first kappa shape index (κ1) is 21.3. The maximum Gasteiger partial charge on any atom is 0.223 e. The number of nitrogens with zero attached hydrogens (tertiary/aromatic N) is 2. The zero-order valence-corrected chi connectivity index (χ0v) is 19.6. The summed E-state index contributed by atoms with van der Waals surface area (Å²) in [7, 11) is 2.22. The number of hydrogen-bond donors (Lipinski definition) is 1. The summed E-state index contributed by atoms with van der Waals surface area (Å²) in [6.45, 7) is 7.28. The smallest absolute Gasteiger partial charge is 0.223 e. The lowest BCUT2D eigenvalue weighted by molar-refractivity contribution is -0.135. The lowest BCUT2D eigenvalue weighted by Crippen LogP contribution is -2.54. The number of piperidine rings is 1. The highest BCUT2D eigenvalue weighted by atomic mass is 16.1. The van der Waals surface area contributed by atoms with Crippen molar-refractivity contribution in [3.05, 3.63) is 71.4 Å². The van der Waals surface area contributed by atoms with Gasteiger partial charge >= 0.3 is 0 Å². The minimum absolute atomic E-state index is 0.0482. The zero-order valence-electron chi connectivity index (χ0n) is 19.6. The van der Waals surface area contributed by atoms with E-state index < -0.39 is 0 Å². The second-order valence-corrected chi connectivity index (χ2v) is 9.74. The predicted molar refractivity (Wildman–Crippen MR) is 130 cm³/mol. The van der Waals surface area contributed by atoms with Gasteiger partial charge in [-0.3, -0.25) is 9.69 Å². The Morgan fingerprint density at radius 2 is 1.88 bits per heavy atom. The van der Waals surface area contributed by atoms with Gasteiger partial charge in [0.15, 0.2) is 0 Å². The first-order valence-corrected chi connectivity index (χ1v) is 12.2. The van der Waals surface area contributed by atoms with Crippen molar-refractivity contribution >= 4 is 16.8 Å². The summed E-state index contributed by atoms with van der Waals surface area (Å²) >= 11 is 0. The van der Waals surface area contributed by atoms with Crippen LogP contribution in [0.1, 0.15) is 56.0 Å². The molecule has 2 aliphatic rings. The van der Waals surface area contributed by atoms with E-state index >= 15 is 0 Å².